The molecular formula is C20H14F2N6OS. The van der Waals surface area contributed by atoms with E-state index in [-0.39, 0.29) is 34.0 Å². The molecule has 2 N–H and O–H groups in total. The molecule has 0 unspecified atom stereocenters. The minimum atomic E-state index is -2.61. The number of hydrogen-bond acceptors (Lipinski definition) is 8. The smallest absolute Gasteiger partial charge is 0.272 e. The lowest BCUT2D eigenvalue weighted by molar-refractivity contribution is 0.0817. The van der Waals surface area contributed by atoms with Crippen LogP contribution in [0.1, 0.15) is 16.8 Å². The third-order valence-corrected chi connectivity index (χ3v) is 4.88. The molecule has 0 aliphatic rings. The summed E-state index contributed by atoms with van der Waals surface area (Å²) < 4.78 is 29.5. The van der Waals surface area contributed by atoms with E-state index in [4.69, 9.17) is 10.5 Å². The van der Waals surface area contributed by atoms with Crippen molar-refractivity contribution in [2.24, 2.45) is 0 Å². The van der Waals surface area contributed by atoms with Crippen molar-refractivity contribution in [2.45, 2.75) is 17.2 Å². The Kier molecular flexibility index (Phi) is 6.73. The number of rotatable bonds is 7. The molecule has 3 aromatic heterocycles. The highest BCUT2D eigenvalue weighted by Gasteiger charge is 2.21. The van der Waals surface area contributed by atoms with Gasteiger partial charge in [-0.2, -0.15) is 10.5 Å². The van der Waals surface area contributed by atoms with E-state index in [1.807, 2.05) is 18.2 Å². The molecule has 150 valence electrons. The lowest BCUT2D eigenvalue weighted by Gasteiger charge is -2.13. The van der Waals surface area contributed by atoms with Gasteiger partial charge >= 0.3 is 0 Å². The van der Waals surface area contributed by atoms with Crippen LogP contribution in [0.5, 0.6) is 5.75 Å². The Morgan fingerprint density at radius 2 is 1.90 bits per heavy atom. The van der Waals surface area contributed by atoms with Gasteiger partial charge in [-0.1, -0.05) is 17.8 Å². The highest BCUT2D eigenvalue weighted by Crippen LogP contribution is 2.36. The number of hydrogen-bond donors (Lipinski definition) is 1. The maximum atomic E-state index is 12.3. The molecule has 0 fully saturated rings. The van der Waals surface area contributed by atoms with E-state index >= 15 is 0 Å². The molecule has 7 nitrogen and oxygen atoms in total. The van der Waals surface area contributed by atoms with Crippen molar-refractivity contribution < 1.29 is 13.5 Å². The zero-order valence-electron chi connectivity index (χ0n) is 15.4. The Labute approximate surface area is 175 Å². The van der Waals surface area contributed by atoms with E-state index in [9.17, 15) is 19.3 Å². The van der Waals surface area contributed by atoms with Crippen LogP contribution in [0, 0.1) is 22.7 Å². The quantitative estimate of drug-likeness (QED) is 0.569. The van der Waals surface area contributed by atoms with Gasteiger partial charge in [-0.25, -0.2) is 13.8 Å². The molecule has 3 rings (SSSR count). The van der Waals surface area contributed by atoms with E-state index < -0.39 is 13.0 Å². The van der Waals surface area contributed by atoms with E-state index in [0.29, 0.717) is 10.8 Å². The Balaban J connectivity index is 1.99. The van der Waals surface area contributed by atoms with Crippen LogP contribution in [0.2, 0.25) is 0 Å². The maximum absolute atomic E-state index is 12.3. The molecule has 0 spiro atoms. The van der Waals surface area contributed by atoms with Crippen LogP contribution in [-0.4, -0.2) is 28.0 Å². The molecule has 10 heteroatoms. The van der Waals surface area contributed by atoms with Crippen molar-refractivity contribution in [3.8, 4) is 29.1 Å². The van der Waals surface area contributed by atoms with Crippen LogP contribution in [0.4, 0.5) is 14.6 Å². The Hall–Kier alpha value is -3.76. The summed E-state index contributed by atoms with van der Waals surface area (Å²) in [4.78, 5) is 12.6. The number of halogens is 2. The first-order valence-electron chi connectivity index (χ1n) is 8.57. The summed E-state index contributed by atoms with van der Waals surface area (Å²) in [6.45, 7) is -0.759. The SMILES string of the molecule is N#Cc1c(N)nc(SCc2ccccn2)c(C#N)c1-c1ccc(OCC(F)F)cn1. The highest BCUT2D eigenvalue weighted by molar-refractivity contribution is 7.98. The molecule has 0 saturated carbocycles. The van der Waals surface area contributed by atoms with Crippen LogP contribution in [0.25, 0.3) is 11.3 Å². The second-order valence-corrected chi connectivity index (χ2v) is 6.81. The largest absolute Gasteiger partial charge is 0.486 e. The minimum absolute atomic E-state index is 0.0162. The van der Waals surface area contributed by atoms with Crippen LogP contribution >= 0.6 is 11.8 Å². The van der Waals surface area contributed by atoms with Crippen LogP contribution in [0.3, 0.4) is 0 Å². The van der Waals surface area contributed by atoms with Gasteiger partial charge in [0, 0.05) is 17.5 Å². The first-order chi connectivity index (χ1) is 14.5. The van der Waals surface area contributed by atoms with Gasteiger partial charge in [0.15, 0.2) is 0 Å². The van der Waals surface area contributed by atoms with Gasteiger partial charge in [-0.15, -0.1) is 0 Å². The number of pyridine rings is 3. The molecule has 0 amide bonds. The van der Waals surface area contributed by atoms with E-state index in [2.05, 4.69) is 21.0 Å². The number of alkyl halides is 2. The maximum Gasteiger partial charge on any atom is 0.272 e. The Morgan fingerprint density at radius 1 is 1.10 bits per heavy atom. The molecule has 30 heavy (non-hydrogen) atoms. The zero-order chi connectivity index (χ0) is 21.5. The van der Waals surface area contributed by atoms with Gasteiger partial charge in [0.25, 0.3) is 6.43 Å². The minimum Gasteiger partial charge on any atom is -0.486 e. The summed E-state index contributed by atoms with van der Waals surface area (Å²) in [6, 6.07) is 12.4. The summed E-state index contributed by atoms with van der Waals surface area (Å²) >= 11 is 1.26. The van der Waals surface area contributed by atoms with Gasteiger partial charge in [-0.3, -0.25) is 9.97 Å². The van der Waals surface area contributed by atoms with Crippen molar-refractivity contribution >= 4 is 17.6 Å². The molecule has 0 bridgehead atoms. The number of anilines is 1. The second-order valence-electron chi connectivity index (χ2n) is 5.84. The van der Waals surface area contributed by atoms with Crippen LogP contribution in [-0.2, 0) is 5.75 Å². The number of thioether (sulfide) groups is 1. The van der Waals surface area contributed by atoms with Gasteiger partial charge in [0.2, 0.25) is 0 Å². The van der Waals surface area contributed by atoms with Gasteiger partial charge in [0.1, 0.15) is 40.9 Å². The molecule has 0 saturated heterocycles. The highest BCUT2D eigenvalue weighted by atomic mass is 32.2. The van der Waals surface area contributed by atoms with Crippen molar-refractivity contribution in [1.29, 1.82) is 10.5 Å². The van der Waals surface area contributed by atoms with Crippen molar-refractivity contribution in [3.63, 3.8) is 0 Å². The van der Waals surface area contributed by atoms with Gasteiger partial charge in [-0.05, 0) is 24.3 Å². The number of aromatic nitrogens is 3. The third-order valence-electron chi connectivity index (χ3n) is 3.87. The van der Waals surface area contributed by atoms with Crippen LogP contribution in [0.15, 0.2) is 47.8 Å². The number of nitrogens with two attached hydrogens (primary N) is 1. The summed E-state index contributed by atoms with van der Waals surface area (Å²) in [5.41, 5.74) is 7.43. The van der Waals surface area contributed by atoms with Crippen molar-refractivity contribution in [1.82, 2.24) is 15.0 Å². The molecular weight excluding hydrogens is 410 g/mol. The lowest BCUT2D eigenvalue weighted by atomic mass is 10.0. The lowest BCUT2D eigenvalue weighted by Crippen LogP contribution is -2.07. The summed E-state index contributed by atoms with van der Waals surface area (Å²) in [6.07, 6.45) is 0.296. The Bertz CT molecular complexity index is 1110. The van der Waals surface area contributed by atoms with Crippen LogP contribution < -0.4 is 10.5 Å². The standard InChI is InChI=1S/C20H14F2N6OS/c21-17(22)10-29-13-4-5-16(27-9-13)18-14(7-23)19(25)28-20(15(18)8-24)30-11-12-3-1-2-6-26-12/h1-6,9,17H,10-11H2,(H2,25,28). The Morgan fingerprint density at radius 3 is 2.50 bits per heavy atom. The van der Waals surface area contributed by atoms with Crippen molar-refractivity contribution in [2.75, 3.05) is 12.3 Å². The van der Waals surface area contributed by atoms with E-state index in [0.717, 1.165) is 5.69 Å². The molecule has 0 aliphatic heterocycles. The average Bonchev–Trinajstić information content (AvgIpc) is 2.76. The fourth-order valence-electron chi connectivity index (χ4n) is 2.56. The molecule has 0 aliphatic carbocycles. The van der Waals surface area contributed by atoms with Crippen molar-refractivity contribution in [3.05, 3.63) is 59.5 Å². The number of ether oxygens (including phenoxy) is 1. The second kappa shape index (κ2) is 9.63. The molecule has 0 atom stereocenters. The topological polar surface area (TPSA) is 122 Å². The first kappa shape index (κ1) is 21.0. The third kappa shape index (κ3) is 4.80. The number of nitriles is 2. The fourth-order valence-corrected chi connectivity index (χ4v) is 3.47. The summed E-state index contributed by atoms with van der Waals surface area (Å²) in [5.74, 6) is 0.555. The normalized spacial score (nSPS) is 10.4. The van der Waals surface area contributed by atoms with Gasteiger partial charge in [0.05, 0.1) is 23.1 Å². The molecule has 0 radical (unpaired) electrons. The van der Waals surface area contributed by atoms with Gasteiger partial charge < -0.3 is 10.5 Å². The first-order valence-corrected chi connectivity index (χ1v) is 9.55. The summed E-state index contributed by atoms with van der Waals surface area (Å²) in [5, 5.41) is 19.7. The monoisotopic (exact) mass is 424 g/mol. The number of nitrogen functional groups attached to an aromatic ring is 1. The van der Waals surface area contributed by atoms with E-state index in [1.165, 1.54) is 30.1 Å². The molecule has 0 aromatic carbocycles. The predicted octanol–water partition coefficient (Wildman–Crippen LogP) is 3.80. The zero-order valence-corrected chi connectivity index (χ0v) is 16.2. The average molecular weight is 424 g/mol. The predicted molar refractivity (Wildman–Crippen MR) is 107 cm³/mol. The summed E-state index contributed by atoms with van der Waals surface area (Å²) in [7, 11) is 0. The fraction of sp³-hybridized carbons (Fsp3) is 0.150. The molecule has 3 heterocycles. The van der Waals surface area contributed by atoms with E-state index in [1.54, 1.807) is 12.3 Å². The molecule has 3 aromatic rings. The number of nitrogens with zero attached hydrogens (tertiary/aromatic N) is 5.